The van der Waals surface area contributed by atoms with E-state index in [0.29, 0.717) is 12.3 Å². The maximum absolute atomic E-state index is 12.7. The van der Waals surface area contributed by atoms with Crippen LogP contribution in [0.5, 0.6) is 0 Å². The van der Waals surface area contributed by atoms with Crippen molar-refractivity contribution in [3.8, 4) is 0 Å². The molecule has 5 heteroatoms. The summed E-state index contributed by atoms with van der Waals surface area (Å²) in [4.78, 5) is 17.4. The quantitative estimate of drug-likeness (QED) is 0.814. The molecule has 5 nitrogen and oxygen atoms in total. The van der Waals surface area contributed by atoms with Crippen molar-refractivity contribution in [2.45, 2.75) is 64.2 Å². The first-order valence-corrected chi connectivity index (χ1v) is 10.3. The molecule has 2 aliphatic rings. The van der Waals surface area contributed by atoms with Gasteiger partial charge in [0, 0.05) is 49.9 Å². The summed E-state index contributed by atoms with van der Waals surface area (Å²) in [5.41, 5.74) is 2.58. The number of aryl methyl sites for hydroxylation is 1. The Labute approximate surface area is 162 Å². The van der Waals surface area contributed by atoms with E-state index in [-0.39, 0.29) is 5.54 Å². The summed E-state index contributed by atoms with van der Waals surface area (Å²) in [6.45, 7) is 6.90. The molecule has 2 aromatic rings. The van der Waals surface area contributed by atoms with E-state index < -0.39 is 0 Å². The summed E-state index contributed by atoms with van der Waals surface area (Å²) in [6.07, 6.45) is 9.22. The number of benzene rings is 1. The number of hydrogen-bond donors (Lipinski definition) is 0. The van der Waals surface area contributed by atoms with Gasteiger partial charge in [-0.2, -0.15) is 5.10 Å². The van der Waals surface area contributed by atoms with Crippen LogP contribution in [0.4, 0.5) is 0 Å². The van der Waals surface area contributed by atoms with Crippen LogP contribution >= 0.6 is 0 Å². The Hall–Kier alpha value is -2.14. The Bertz CT molecular complexity index is 772. The van der Waals surface area contributed by atoms with Crippen LogP contribution in [-0.4, -0.2) is 44.1 Å². The van der Waals surface area contributed by atoms with E-state index in [2.05, 4.69) is 52.3 Å². The molecule has 0 radical (unpaired) electrons. The number of aromatic nitrogens is 2. The van der Waals surface area contributed by atoms with Gasteiger partial charge in [-0.3, -0.25) is 14.4 Å². The predicted molar refractivity (Wildman–Crippen MR) is 106 cm³/mol. The van der Waals surface area contributed by atoms with Crippen LogP contribution in [0.1, 0.15) is 50.2 Å². The van der Waals surface area contributed by atoms with Crippen LogP contribution in [0.25, 0.3) is 0 Å². The van der Waals surface area contributed by atoms with Gasteiger partial charge in [0.2, 0.25) is 5.91 Å². The Morgan fingerprint density at radius 2 is 1.89 bits per heavy atom. The SMILES string of the molecule is CCn1cc(CN2CCCC3(CCC(=O)N3Cc3ccccc3)CC2)cn1. The molecule has 144 valence electrons. The molecule has 1 amide bonds. The molecule has 1 atom stereocenters. The normalized spacial score (nSPS) is 23.9. The van der Waals surface area contributed by atoms with E-state index in [0.717, 1.165) is 58.4 Å². The van der Waals surface area contributed by atoms with Gasteiger partial charge in [-0.25, -0.2) is 0 Å². The molecule has 0 N–H and O–H groups in total. The Morgan fingerprint density at radius 1 is 1.04 bits per heavy atom. The summed E-state index contributed by atoms with van der Waals surface area (Å²) >= 11 is 0. The summed E-state index contributed by atoms with van der Waals surface area (Å²) in [7, 11) is 0. The fourth-order valence-corrected chi connectivity index (χ4v) is 4.73. The first-order valence-electron chi connectivity index (χ1n) is 10.3. The number of carbonyl (C=O) groups excluding carboxylic acids is 1. The highest BCUT2D eigenvalue weighted by molar-refractivity contribution is 5.79. The topological polar surface area (TPSA) is 41.4 Å². The molecule has 27 heavy (non-hydrogen) atoms. The van der Waals surface area contributed by atoms with Crippen molar-refractivity contribution in [1.29, 1.82) is 0 Å². The lowest BCUT2D eigenvalue weighted by molar-refractivity contribution is -0.132. The van der Waals surface area contributed by atoms with Gasteiger partial charge >= 0.3 is 0 Å². The van der Waals surface area contributed by atoms with E-state index in [9.17, 15) is 4.79 Å². The standard InChI is InChI=1S/C22H30N4O/c1-2-25-17-20(15-23-25)16-24-13-6-10-22(12-14-24)11-9-21(27)26(22)18-19-7-4-3-5-8-19/h3-5,7-8,15,17H,2,6,9-14,16,18H2,1H3. The Kier molecular flexibility index (Phi) is 5.30. The average Bonchev–Trinajstić information content (AvgIpc) is 3.19. The predicted octanol–water partition coefficient (Wildman–Crippen LogP) is 3.45. The van der Waals surface area contributed by atoms with E-state index in [1.165, 1.54) is 11.1 Å². The van der Waals surface area contributed by atoms with Crippen molar-refractivity contribution in [2.75, 3.05) is 13.1 Å². The minimum Gasteiger partial charge on any atom is -0.333 e. The molecule has 4 rings (SSSR count). The van der Waals surface area contributed by atoms with Crippen molar-refractivity contribution in [2.24, 2.45) is 0 Å². The van der Waals surface area contributed by atoms with E-state index >= 15 is 0 Å². The lowest BCUT2D eigenvalue weighted by Crippen LogP contribution is -2.45. The molecule has 1 spiro atoms. The van der Waals surface area contributed by atoms with Gasteiger partial charge in [-0.1, -0.05) is 30.3 Å². The second-order valence-electron chi connectivity index (χ2n) is 8.02. The summed E-state index contributed by atoms with van der Waals surface area (Å²) in [5, 5.41) is 4.40. The van der Waals surface area contributed by atoms with Gasteiger partial charge in [-0.05, 0) is 44.7 Å². The largest absolute Gasteiger partial charge is 0.333 e. The lowest BCUT2D eigenvalue weighted by Gasteiger charge is -2.38. The molecule has 1 aromatic heterocycles. The third-order valence-electron chi connectivity index (χ3n) is 6.29. The maximum atomic E-state index is 12.7. The van der Waals surface area contributed by atoms with Gasteiger partial charge in [0.15, 0.2) is 0 Å². The average molecular weight is 367 g/mol. The molecular weight excluding hydrogens is 336 g/mol. The molecule has 0 bridgehead atoms. The highest BCUT2D eigenvalue weighted by Gasteiger charge is 2.45. The number of carbonyl (C=O) groups is 1. The molecule has 2 saturated heterocycles. The van der Waals surface area contributed by atoms with Crippen molar-refractivity contribution in [1.82, 2.24) is 19.6 Å². The molecule has 0 saturated carbocycles. The number of amides is 1. The van der Waals surface area contributed by atoms with Crippen molar-refractivity contribution < 1.29 is 4.79 Å². The van der Waals surface area contributed by atoms with Crippen LogP contribution in [0, 0.1) is 0 Å². The fraction of sp³-hybridized carbons (Fsp3) is 0.545. The molecule has 1 aromatic carbocycles. The zero-order valence-electron chi connectivity index (χ0n) is 16.3. The zero-order valence-corrected chi connectivity index (χ0v) is 16.3. The lowest BCUT2D eigenvalue weighted by atomic mass is 9.87. The van der Waals surface area contributed by atoms with Crippen LogP contribution in [-0.2, 0) is 24.4 Å². The third kappa shape index (κ3) is 3.93. The van der Waals surface area contributed by atoms with Crippen molar-refractivity contribution in [3.05, 3.63) is 53.9 Å². The smallest absolute Gasteiger partial charge is 0.223 e. The van der Waals surface area contributed by atoms with Gasteiger partial charge in [0.1, 0.15) is 0 Å². The number of rotatable bonds is 5. The van der Waals surface area contributed by atoms with Gasteiger partial charge in [0.25, 0.3) is 0 Å². The maximum Gasteiger partial charge on any atom is 0.223 e. The van der Waals surface area contributed by atoms with Crippen LogP contribution in [0.15, 0.2) is 42.7 Å². The summed E-state index contributed by atoms with van der Waals surface area (Å²) in [5.74, 6) is 0.330. The van der Waals surface area contributed by atoms with Crippen LogP contribution in [0.2, 0.25) is 0 Å². The number of hydrogen-bond acceptors (Lipinski definition) is 3. The second kappa shape index (κ2) is 7.85. The summed E-state index contributed by atoms with van der Waals surface area (Å²) < 4.78 is 1.99. The molecule has 2 fully saturated rings. The van der Waals surface area contributed by atoms with Crippen molar-refractivity contribution >= 4 is 5.91 Å². The Balaban J connectivity index is 1.44. The highest BCUT2D eigenvalue weighted by Crippen LogP contribution is 2.40. The van der Waals surface area contributed by atoms with E-state index in [1.807, 2.05) is 16.9 Å². The van der Waals surface area contributed by atoms with Gasteiger partial charge in [0.05, 0.1) is 6.20 Å². The van der Waals surface area contributed by atoms with E-state index in [1.54, 1.807) is 0 Å². The second-order valence-corrected chi connectivity index (χ2v) is 8.02. The molecule has 2 aliphatic heterocycles. The molecular formula is C22H30N4O. The zero-order chi connectivity index (χ0) is 18.7. The third-order valence-corrected chi connectivity index (χ3v) is 6.29. The minimum atomic E-state index is 0.0509. The fourth-order valence-electron chi connectivity index (χ4n) is 4.73. The highest BCUT2D eigenvalue weighted by atomic mass is 16.2. The van der Waals surface area contributed by atoms with Gasteiger partial charge < -0.3 is 4.90 Å². The van der Waals surface area contributed by atoms with E-state index in [4.69, 9.17) is 0 Å². The van der Waals surface area contributed by atoms with Gasteiger partial charge in [-0.15, -0.1) is 0 Å². The molecule has 3 heterocycles. The van der Waals surface area contributed by atoms with Crippen molar-refractivity contribution in [3.63, 3.8) is 0 Å². The minimum absolute atomic E-state index is 0.0509. The van der Waals surface area contributed by atoms with Crippen LogP contribution < -0.4 is 0 Å². The first kappa shape index (κ1) is 18.2. The monoisotopic (exact) mass is 366 g/mol. The number of likely N-dealkylation sites (tertiary alicyclic amines) is 2. The molecule has 1 unspecified atom stereocenters. The molecule has 0 aliphatic carbocycles. The first-order chi connectivity index (χ1) is 13.2. The Morgan fingerprint density at radius 3 is 2.67 bits per heavy atom. The summed E-state index contributed by atoms with van der Waals surface area (Å²) in [6, 6.07) is 10.4. The van der Waals surface area contributed by atoms with Crippen LogP contribution in [0.3, 0.4) is 0 Å². The number of nitrogens with zero attached hydrogens (tertiary/aromatic N) is 4.